The van der Waals surface area contributed by atoms with Gasteiger partial charge in [0.2, 0.25) is 0 Å². The van der Waals surface area contributed by atoms with E-state index in [0.717, 1.165) is 6.04 Å². The molecule has 0 rings (SSSR count). The van der Waals surface area contributed by atoms with E-state index < -0.39 is 0 Å². The van der Waals surface area contributed by atoms with E-state index in [9.17, 15) is 0 Å². The van der Waals surface area contributed by atoms with Crippen molar-refractivity contribution in [3.8, 4) is 0 Å². The Bertz CT molecular complexity index is 89.4. The zero-order valence-corrected chi connectivity index (χ0v) is 13.3. The van der Waals surface area contributed by atoms with Crippen molar-refractivity contribution < 1.29 is 0 Å². The molecule has 1 nitrogen and oxygen atoms in total. The largest absolute Gasteiger partial charge is 0.301 e. The number of rotatable bonds is 6. The van der Waals surface area contributed by atoms with Crippen molar-refractivity contribution >= 4 is 0 Å². The van der Waals surface area contributed by atoms with Gasteiger partial charge >= 0.3 is 0 Å². The van der Waals surface area contributed by atoms with Crippen LogP contribution in [-0.2, 0) is 0 Å². The molecule has 0 saturated carbocycles. The van der Waals surface area contributed by atoms with Gasteiger partial charge in [-0.1, -0.05) is 54.4 Å². The van der Waals surface area contributed by atoms with Crippen molar-refractivity contribution in [1.29, 1.82) is 0 Å². The standard InChI is InChI=1S/C10H23N.C3H8.C2H6/c1-5-7-9-11(8-6-2)10(3)4;1-3-2;1-2/h10H,5-9H2,1-4H3;3H2,1-2H3;1-2H3. The monoisotopic (exact) mass is 231 g/mol. The summed E-state index contributed by atoms with van der Waals surface area (Å²) in [5.41, 5.74) is 0. The number of nitrogens with zero attached hydrogens (tertiary/aromatic N) is 1. The van der Waals surface area contributed by atoms with Gasteiger partial charge in [0.05, 0.1) is 0 Å². The highest BCUT2D eigenvalue weighted by molar-refractivity contribution is 4.61. The summed E-state index contributed by atoms with van der Waals surface area (Å²) in [4.78, 5) is 2.56. The number of hydrogen-bond acceptors (Lipinski definition) is 1. The molecule has 16 heavy (non-hydrogen) atoms. The molecule has 0 aromatic rings. The first-order valence-electron chi connectivity index (χ1n) is 7.37. The molecule has 0 aromatic heterocycles. The van der Waals surface area contributed by atoms with E-state index in [4.69, 9.17) is 0 Å². The smallest absolute Gasteiger partial charge is 0.00385 e. The maximum absolute atomic E-state index is 2.56. The predicted molar refractivity (Wildman–Crippen MR) is 79.2 cm³/mol. The lowest BCUT2D eigenvalue weighted by atomic mass is 10.2. The topological polar surface area (TPSA) is 3.24 Å². The summed E-state index contributed by atoms with van der Waals surface area (Å²) >= 11 is 0. The van der Waals surface area contributed by atoms with Crippen LogP contribution in [0.25, 0.3) is 0 Å². The maximum Gasteiger partial charge on any atom is 0.00385 e. The quantitative estimate of drug-likeness (QED) is 0.595. The van der Waals surface area contributed by atoms with Gasteiger partial charge < -0.3 is 4.90 Å². The van der Waals surface area contributed by atoms with Crippen LogP contribution in [0.4, 0.5) is 0 Å². The van der Waals surface area contributed by atoms with Gasteiger partial charge in [-0.2, -0.15) is 0 Å². The van der Waals surface area contributed by atoms with Crippen molar-refractivity contribution in [2.45, 2.75) is 87.1 Å². The van der Waals surface area contributed by atoms with Gasteiger partial charge in [-0.25, -0.2) is 0 Å². The minimum absolute atomic E-state index is 0.724. The fourth-order valence-electron chi connectivity index (χ4n) is 1.28. The lowest BCUT2D eigenvalue weighted by Crippen LogP contribution is -2.32. The molecule has 0 aliphatic rings. The van der Waals surface area contributed by atoms with Gasteiger partial charge in [0.25, 0.3) is 0 Å². The van der Waals surface area contributed by atoms with E-state index >= 15 is 0 Å². The highest BCUT2D eigenvalue weighted by atomic mass is 15.1. The SMILES string of the molecule is CC.CCC.CCCCN(CCC)C(C)C. The molecule has 0 fully saturated rings. The molecular formula is C15H37N. The van der Waals surface area contributed by atoms with Gasteiger partial charge in [-0.05, 0) is 39.8 Å². The van der Waals surface area contributed by atoms with Gasteiger partial charge in [0, 0.05) is 6.04 Å². The maximum atomic E-state index is 2.56. The first kappa shape index (κ1) is 21.3. The molecule has 0 unspecified atom stereocenters. The van der Waals surface area contributed by atoms with Gasteiger partial charge in [0.15, 0.2) is 0 Å². The third kappa shape index (κ3) is 19.5. The molecule has 0 amide bonds. The van der Waals surface area contributed by atoms with Crippen LogP contribution in [0.1, 0.15) is 81.1 Å². The number of unbranched alkanes of at least 4 members (excludes halogenated alkanes) is 1. The Morgan fingerprint density at radius 2 is 1.25 bits per heavy atom. The molecule has 0 aromatic carbocycles. The van der Waals surface area contributed by atoms with Crippen molar-refractivity contribution in [2.75, 3.05) is 13.1 Å². The van der Waals surface area contributed by atoms with Crippen LogP contribution in [0.2, 0.25) is 0 Å². The Hall–Kier alpha value is -0.0400. The molecule has 0 saturated heterocycles. The highest BCUT2D eigenvalue weighted by Gasteiger charge is 2.05. The van der Waals surface area contributed by atoms with Gasteiger partial charge in [-0.3, -0.25) is 0 Å². The zero-order chi connectivity index (χ0) is 13.4. The molecule has 0 heterocycles. The van der Waals surface area contributed by atoms with Crippen molar-refractivity contribution in [2.24, 2.45) is 0 Å². The van der Waals surface area contributed by atoms with E-state index in [1.807, 2.05) is 13.8 Å². The second-order valence-electron chi connectivity index (χ2n) is 4.19. The molecule has 0 atom stereocenters. The molecule has 0 bridgehead atoms. The average Bonchev–Trinajstić information content (AvgIpc) is 2.27. The molecule has 0 N–H and O–H groups in total. The Kier molecular flexibility index (Phi) is 27.1. The average molecular weight is 231 g/mol. The molecule has 102 valence electrons. The minimum atomic E-state index is 0.724. The summed E-state index contributed by atoms with van der Waals surface area (Å²) in [6.45, 7) is 19.9. The summed E-state index contributed by atoms with van der Waals surface area (Å²) in [5.74, 6) is 0. The predicted octanol–water partition coefficient (Wildman–Crippen LogP) is 5.35. The fraction of sp³-hybridized carbons (Fsp3) is 1.00. The van der Waals surface area contributed by atoms with Gasteiger partial charge in [-0.15, -0.1) is 0 Å². The Balaban J connectivity index is -0.000000289. The molecule has 0 aliphatic heterocycles. The Morgan fingerprint density at radius 1 is 0.812 bits per heavy atom. The van der Waals surface area contributed by atoms with Crippen LogP contribution >= 0.6 is 0 Å². The van der Waals surface area contributed by atoms with Crippen LogP contribution in [0.15, 0.2) is 0 Å². The second-order valence-corrected chi connectivity index (χ2v) is 4.19. The van der Waals surface area contributed by atoms with Crippen molar-refractivity contribution in [3.63, 3.8) is 0 Å². The van der Waals surface area contributed by atoms with E-state index in [-0.39, 0.29) is 0 Å². The third-order valence-electron chi connectivity index (χ3n) is 2.04. The fourth-order valence-corrected chi connectivity index (χ4v) is 1.28. The highest BCUT2D eigenvalue weighted by Crippen LogP contribution is 2.01. The van der Waals surface area contributed by atoms with Crippen molar-refractivity contribution in [1.82, 2.24) is 4.90 Å². The van der Waals surface area contributed by atoms with Crippen molar-refractivity contribution in [3.05, 3.63) is 0 Å². The van der Waals surface area contributed by atoms with Crippen LogP contribution in [-0.4, -0.2) is 24.0 Å². The first-order valence-corrected chi connectivity index (χ1v) is 7.37. The zero-order valence-electron chi connectivity index (χ0n) is 13.3. The summed E-state index contributed by atoms with van der Waals surface area (Å²) in [5, 5.41) is 0. The molecule has 0 spiro atoms. The van der Waals surface area contributed by atoms with E-state index in [0.29, 0.717) is 0 Å². The van der Waals surface area contributed by atoms with Gasteiger partial charge in [0.1, 0.15) is 0 Å². The first-order chi connectivity index (χ1) is 7.63. The summed E-state index contributed by atoms with van der Waals surface area (Å²) in [7, 11) is 0. The minimum Gasteiger partial charge on any atom is -0.301 e. The van der Waals surface area contributed by atoms with Crippen LogP contribution in [0.3, 0.4) is 0 Å². The summed E-state index contributed by atoms with van der Waals surface area (Å²) < 4.78 is 0. The van der Waals surface area contributed by atoms with E-state index in [1.165, 1.54) is 38.8 Å². The van der Waals surface area contributed by atoms with Crippen LogP contribution in [0.5, 0.6) is 0 Å². The summed E-state index contributed by atoms with van der Waals surface area (Å²) in [6.07, 6.45) is 5.19. The Morgan fingerprint density at radius 3 is 1.50 bits per heavy atom. The molecule has 0 aliphatic carbocycles. The van der Waals surface area contributed by atoms with E-state index in [1.54, 1.807) is 0 Å². The Labute approximate surface area is 106 Å². The number of hydrogen-bond donors (Lipinski definition) is 0. The third-order valence-corrected chi connectivity index (χ3v) is 2.04. The van der Waals surface area contributed by atoms with E-state index in [2.05, 4.69) is 46.4 Å². The second kappa shape index (κ2) is 20.4. The lowest BCUT2D eigenvalue weighted by molar-refractivity contribution is 0.219. The molecule has 1 heteroatoms. The molecular weight excluding hydrogens is 194 g/mol. The van der Waals surface area contributed by atoms with Crippen LogP contribution in [0, 0.1) is 0 Å². The molecule has 0 radical (unpaired) electrons. The van der Waals surface area contributed by atoms with Crippen LogP contribution < -0.4 is 0 Å². The summed E-state index contributed by atoms with van der Waals surface area (Å²) in [6, 6.07) is 0.724. The normalized spacial score (nSPS) is 9.38. The lowest BCUT2D eigenvalue weighted by Gasteiger charge is -2.25.